The highest BCUT2D eigenvalue weighted by Crippen LogP contribution is 2.18. The SMILES string of the molecule is CNC(=O)c1cccc(CS[C@@H](C)CO)c1. The first-order valence-electron chi connectivity index (χ1n) is 5.21. The Morgan fingerprint density at radius 3 is 2.94 bits per heavy atom. The minimum Gasteiger partial charge on any atom is -0.395 e. The fraction of sp³-hybridized carbons (Fsp3) is 0.417. The Bertz CT molecular complexity index is 355. The van der Waals surface area contributed by atoms with Crippen LogP contribution in [0, 0.1) is 0 Å². The minimum absolute atomic E-state index is 0.0675. The summed E-state index contributed by atoms with van der Waals surface area (Å²) in [6, 6.07) is 7.55. The van der Waals surface area contributed by atoms with Crippen molar-refractivity contribution < 1.29 is 9.90 Å². The van der Waals surface area contributed by atoms with Gasteiger partial charge in [0.05, 0.1) is 6.61 Å². The van der Waals surface area contributed by atoms with Crippen LogP contribution in [0.4, 0.5) is 0 Å². The number of carbonyl (C=O) groups is 1. The van der Waals surface area contributed by atoms with Crippen molar-refractivity contribution in [2.45, 2.75) is 17.9 Å². The fourth-order valence-electron chi connectivity index (χ4n) is 1.24. The topological polar surface area (TPSA) is 49.3 Å². The van der Waals surface area contributed by atoms with Crippen LogP contribution in [0.15, 0.2) is 24.3 Å². The molecule has 2 N–H and O–H groups in total. The fourth-order valence-corrected chi connectivity index (χ4v) is 2.00. The lowest BCUT2D eigenvalue weighted by Crippen LogP contribution is -2.17. The molecule has 0 heterocycles. The van der Waals surface area contributed by atoms with Crippen LogP contribution in [0.2, 0.25) is 0 Å². The van der Waals surface area contributed by atoms with Gasteiger partial charge in [-0.3, -0.25) is 4.79 Å². The van der Waals surface area contributed by atoms with E-state index >= 15 is 0 Å². The van der Waals surface area contributed by atoms with Gasteiger partial charge in [0.25, 0.3) is 5.91 Å². The summed E-state index contributed by atoms with van der Waals surface area (Å²) >= 11 is 1.68. The molecule has 0 aliphatic heterocycles. The highest BCUT2D eigenvalue weighted by molar-refractivity contribution is 7.99. The molecule has 1 atom stereocenters. The summed E-state index contributed by atoms with van der Waals surface area (Å²) in [6.45, 7) is 2.16. The maximum atomic E-state index is 11.4. The number of carbonyl (C=O) groups excluding carboxylic acids is 1. The average Bonchev–Trinajstić information content (AvgIpc) is 2.35. The molecular weight excluding hydrogens is 222 g/mol. The second kappa shape index (κ2) is 6.55. The molecule has 0 radical (unpaired) electrons. The Balaban J connectivity index is 2.64. The van der Waals surface area contributed by atoms with Gasteiger partial charge in [0.15, 0.2) is 0 Å². The van der Waals surface area contributed by atoms with Crippen LogP contribution >= 0.6 is 11.8 Å². The third kappa shape index (κ3) is 3.87. The number of hydrogen-bond acceptors (Lipinski definition) is 3. The van der Waals surface area contributed by atoms with E-state index in [1.165, 1.54) is 0 Å². The second-order valence-electron chi connectivity index (χ2n) is 3.58. The van der Waals surface area contributed by atoms with Crippen LogP contribution < -0.4 is 5.32 Å². The second-order valence-corrected chi connectivity index (χ2v) is 5.01. The summed E-state index contributed by atoms with van der Waals surface area (Å²) in [6.07, 6.45) is 0. The van der Waals surface area contributed by atoms with E-state index in [2.05, 4.69) is 5.32 Å². The summed E-state index contributed by atoms with van der Waals surface area (Å²) in [7, 11) is 1.62. The number of rotatable bonds is 5. The van der Waals surface area contributed by atoms with Crippen LogP contribution in [-0.4, -0.2) is 29.9 Å². The quantitative estimate of drug-likeness (QED) is 0.821. The van der Waals surface area contributed by atoms with Gasteiger partial charge in [-0.25, -0.2) is 0 Å². The van der Waals surface area contributed by atoms with Gasteiger partial charge in [-0.1, -0.05) is 19.1 Å². The molecule has 0 aliphatic carbocycles. The van der Waals surface area contributed by atoms with Crippen molar-refractivity contribution in [3.05, 3.63) is 35.4 Å². The first kappa shape index (κ1) is 13.1. The van der Waals surface area contributed by atoms with Crippen molar-refractivity contribution >= 4 is 17.7 Å². The zero-order valence-corrected chi connectivity index (χ0v) is 10.4. The normalized spacial score (nSPS) is 12.2. The summed E-state index contributed by atoms with van der Waals surface area (Å²) in [5.41, 5.74) is 1.78. The van der Waals surface area contributed by atoms with Gasteiger partial charge < -0.3 is 10.4 Å². The molecular formula is C12H17NO2S. The number of nitrogens with one attached hydrogen (secondary N) is 1. The largest absolute Gasteiger partial charge is 0.395 e. The van der Waals surface area contributed by atoms with E-state index in [1.54, 1.807) is 24.9 Å². The van der Waals surface area contributed by atoms with Crippen LogP contribution in [0.1, 0.15) is 22.8 Å². The molecule has 0 saturated heterocycles. The Morgan fingerprint density at radius 1 is 1.56 bits per heavy atom. The van der Waals surface area contributed by atoms with Gasteiger partial charge in [0.1, 0.15) is 0 Å². The Labute approximate surface area is 100 Å². The molecule has 1 amide bonds. The molecule has 1 rings (SSSR count). The van der Waals surface area contributed by atoms with Crippen LogP contribution in [0.25, 0.3) is 0 Å². The first-order valence-corrected chi connectivity index (χ1v) is 6.25. The molecule has 0 unspecified atom stereocenters. The lowest BCUT2D eigenvalue weighted by atomic mass is 10.1. The molecule has 0 aromatic heterocycles. The summed E-state index contributed by atoms with van der Waals surface area (Å²) in [5, 5.41) is 11.7. The average molecular weight is 239 g/mol. The molecule has 0 bridgehead atoms. The van der Waals surface area contributed by atoms with Crippen molar-refractivity contribution in [1.82, 2.24) is 5.32 Å². The molecule has 4 heteroatoms. The van der Waals surface area contributed by atoms with Crippen LogP contribution in [0.5, 0.6) is 0 Å². The number of aliphatic hydroxyl groups excluding tert-OH is 1. The van der Waals surface area contributed by atoms with Crippen molar-refractivity contribution in [2.75, 3.05) is 13.7 Å². The van der Waals surface area contributed by atoms with E-state index in [-0.39, 0.29) is 17.8 Å². The van der Waals surface area contributed by atoms with Gasteiger partial charge in [0, 0.05) is 23.6 Å². The van der Waals surface area contributed by atoms with E-state index in [4.69, 9.17) is 5.11 Å². The maximum absolute atomic E-state index is 11.4. The predicted octanol–water partition coefficient (Wildman–Crippen LogP) is 1.66. The number of amides is 1. The monoisotopic (exact) mass is 239 g/mol. The van der Waals surface area contributed by atoms with Gasteiger partial charge in [0.2, 0.25) is 0 Å². The van der Waals surface area contributed by atoms with E-state index in [0.29, 0.717) is 5.56 Å². The highest BCUT2D eigenvalue weighted by Gasteiger charge is 2.05. The van der Waals surface area contributed by atoms with Gasteiger partial charge in [-0.05, 0) is 17.7 Å². The van der Waals surface area contributed by atoms with E-state index in [1.807, 2.05) is 25.1 Å². The molecule has 1 aromatic rings. The molecule has 0 spiro atoms. The lowest BCUT2D eigenvalue weighted by molar-refractivity contribution is 0.0963. The zero-order valence-electron chi connectivity index (χ0n) is 9.56. The Hall–Kier alpha value is -1.00. The summed E-state index contributed by atoms with van der Waals surface area (Å²) < 4.78 is 0. The summed E-state index contributed by atoms with van der Waals surface area (Å²) in [4.78, 5) is 11.4. The number of thioether (sulfide) groups is 1. The third-order valence-corrected chi connectivity index (χ3v) is 3.43. The van der Waals surface area contributed by atoms with Crippen LogP contribution in [-0.2, 0) is 5.75 Å². The number of hydrogen-bond donors (Lipinski definition) is 2. The lowest BCUT2D eigenvalue weighted by Gasteiger charge is -2.08. The van der Waals surface area contributed by atoms with Crippen molar-refractivity contribution in [2.24, 2.45) is 0 Å². The first-order chi connectivity index (χ1) is 7.67. The van der Waals surface area contributed by atoms with Crippen molar-refractivity contribution in [1.29, 1.82) is 0 Å². The highest BCUT2D eigenvalue weighted by atomic mass is 32.2. The Morgan fingerprint density at radius 2 is 2.31 bits per heavy atom. The molecule has 88 valence electrons. The van der Waals surface area contributed by atoms with Gasteiger partial charge in [-0.2, -0.15) is 11.8 Å². The molecule has 0 fully saturated rings. The standard InChI is InChI=1S/C12H17NO2S/c1-9(7-14)16-8-10-4-3-5-11(6-10)12(15)13-2/h3-6,9,14H,7-8H2,1-2H3,(H,13,15)/t9-/m0/s1. The molecule has 0 saturated carbocycles. The van der Waals surface area contributed by atoms with Gasteiger partial charge in [-0.15, -0.1) is 0 Å². The van der Waals surface area contributed by atoms with E-state index in [9.17, 15) is 4.79 Å². The molecule has 16 heavy (non-hydrogen) atoms. The smallest absolute Gasteiger partial charge is 0.251 e. The van der Waals surface area contributed by atoms with Gasteiger partial charge >= 0.3 is 0 Å². The zero-order chi connectivity index (χ0) is 12.0. The van der Waals surface area contributed by atoms with Crippen LogP contribution in [0.3, 0.4) is 0 Å². The number of aliphatic hydroxyl groups is 1. The molecule has 1 aromatic carbocycles. The Kier molecular flexibility index (Phi) is 5.35. The van der Waals surface area contributed by atoms with Crippen molar-refractivity contribution in [3.63, 3.8) is 0 Å². The summed E-state index contributed by atoms with van der Waals surface area (Å²) in [5.74, 6) is 0.745. The number of benzene rings is 1. The van der Waals surface area contributed by atoms with E-state index < -0.39 is 0 Å². The predicted molar refractivity (Wildman–Crippen MR) is 67.7 cm³/mol. The van der Waals surface area contributed by atoms with E-state index in [0.717, 1.165) is 11.3 Å². The molecule has 3 nitrogen and oxygen atoms in total. The van der Waals surface area contributed by atoms with Crippen molar-refractivity contribution in [3.8, 4) is 0 Å². The minimum atomic E-state index is -0.0675. The molecule has 0 aliphatic rings. The maximum Gasteiger partial charge on any atom is 0.251 e. The third-order valence-electron chi connectivity index (χ3n) is 2.21.